The number of aromatic amines is 1. The van der Waals surface area contributed by atoms with Gasteiger partial charge in [-0.15, -0.1) is 0 Å². The maximum absolute atomic E-state index is 11.5. The van der Waals surface area contributed by atoms with Crippen molar-refractivity contribution in [3.05, 3.63) is 48.3 Å². The molecule has 9 heteroatoms. The first-order chi connectivity index (χ1) is 16.6. The minimum absolute atomic E-state index is 0.0874. The van der Waals surface area contributed by atoms with E-state index in [0.29, 0.717) is 24.0 Å². The number of pyridine rings is 1. The number of carbonyl (C=O) groups is 1. The zero-order valence-electron chi connectivity index (χ0n) is 19.2. The Balaban J connectivity index is 1.19. The predicted octanol–water partition coefficient (Wildman–Crippen LogP) is 1.97. The summed E-state index contributed by atoms with van der Waals surface area (Å²) in [5.74, 6) is 0.373. The summed E-state index contributed by atoms with van der Waals surface area (Å²) in [5.41, 5.74) is 5.50. The molecule has 0 bridgehead atoms. The van der Waals surface area contributed by atoms with Gasteiger partial charge in [0.15, 0.2) is 5.52 Å². The molecule has 0 spiro atoms. The third-order valence-electron chi connectivity index (χ3n) is 6.92. The molecule has 0 aliphatic carbocycles. The molecule has 2 aromatic heterocycles. The highest BCUT2D eigenvalue weighted by molar-refractivity contribution is 5.91. The molecule has 9 nitrogen and oxygen atoms in total. The van der Waals surface area contributed by atoms with Gasteiger partial charge in [-0.2, -0.15) is 0 Å². The molecule has 5 heterocycles. The number of benzene rings is 1. The fourth-order valence-electron chi connectivity index (χ4n) is 4.79. The Bertz CT molecular complexity index is 1230. The minimum Gasteiger partial charge on any atom is -0.468 e. The number of H-pyrrole nitrogens is 1. The molecule has 1 amide bonds. The number of anilines is 1. The van der Waals surface area contributed by atoms with Crippen molar-refractivity contribution < 1.29 is 14.3 Å². The highest BCUT2D eigenvalue weighted by Crippen LogP contribution is 2.31. The quantitative estimate of drug-likeness (QED) is 0.581. The molecular weight excluding hydrogens is 432 g/mol. The summed E-state index contributed by atoms with van der Waals surface area (Å²) in [6.07, 6.45) is 2.95. The third-order valence-corrected chi connectivity index (χ3v) is 6.92. The van der Waals surface area contributed by atoms with Gasteiger partial charge in [0.25, 0.3) is 0 Å². The van der Waals surface area contributed by atoms with E-state index >= 15 is 0 Å². The summed E-state index contributed by atoms with van der Waals surface area (Å²) in [7, 11) is 0. The van der Waals surface area contributed by atoms with Crippen LogP contribution in [0.4, 0.5) is 5.69 Å². The highest BCUT2D eigenvalue weighted by atomic mass is 16.5. The van der Waals surface area contributed by atoms with Gasteiger partial charge in [-0.3, -0.25) is 9.69 Å². The van der Waals surface area contributed by atoms with Gasteiger partial charge in [0, 0.05) is 56.1 Å². The fraction of sp³-hybridized carbons (Fsp3) is 0.400. The van der Waals surface area contributed by atoms with Crippen LogP contribution in [0.5, 0.6) is 5.88 Å². The summed E-state index contributed by atoms with van der Waals surface area (Å²) in [6, 6.07) is 11.2. The molecular formula is C25H28N6O3. The number of nitrogens with zero attached hydrogens (tertiary/aromatic N) is 4. The number of aromatic nitrogens is 3. The molecule has 1 atom stereocenters. The number of fused-ring (bicyclic) bond motifs is 1. The van der Waals surface area contributed by atoms with E-state index in [0.717, 1.165) is 61.7 Å². The van der Waals surface area contributed by atoms with Crippen molar-refractivity contribution in [2.45, 2.75) is 19.1 Å². The topological polar surface area (TPSA) is 95.6 Å². The van der Waals surface area contributed by atoms with Crippen molar-refractivity contribution in [3.8, 4) is 17.1 Å². The summed E-state index contributed by atoms with van der Waals surface area (Å²) < 4.78 is 11.6. The van der Waals surface area contributed by atoms with Crippen LogP contribution >= 0.6 is 0 Å². The molecule has 0 unspecified atom stereocenters. The number of rotatable bonds is 6. The van der Waals surface area contributed by atoms with E-state index in [2.05, 4.69) is 49.4 Å². The van der Waals surface area contributed by atoms with E-state index in [1.165, 1.54) is 5.69 Å². The van der Waals surface area contributed by atoms with Crippen LogP contribution in [0.15, 0.2) is 48.3 Å². The first-order valence-electron chi connectivity index (χ1n) is 11.8. The van der Waals surface area contributed by atoms with Gasteiger partial charge in [-0.05, 0) is 30.7 Å². The number of amides is 1. The van der Waals surface area contributed by atoms with E-state index in [-0.39, 0.29) is 12.0 Å². The van der Waals surface area contributed by atoms with Gasteiger partial charge in [-0.1, -0.05) is 12.1 Å². The van der Waals surface area contributed by atoms with E-state index in [4.69, 9.17) is 14.5 Å². The van der Waals surface area contributed by atoms with Crippen molar-refractivity contribution in [3.63, 3.8) is 0 Å². The van der Waals surface area contributed by atoms with E-state index in [1.54, 1.807) is 12.4 Å². The number of hydrogen-bond donors (Lipinski definition) is 2. The van der Waals surface area contributed by atoms with Crippen LogP contribution in [0.3, 0.4) is 0 Å². The molecule has 0 radical (unpaired) electrons. The minimum atomic E-state index is -0.283. The maximum atomic E-state index is 11.5. The average Bonchev–Trinajstić information content (AvgIpc) is 3.48. The summed E-state index contributed by atoms with van der Waals surface area (Å²) in [4.78, 5) is 28.8. The largest absolute Gasteiger partial charge is 0.468 e. The lowest BCUT2D eigenvalue weighted by atomic mass is 10.0. The Morgan fingerprint density at radius 3 is 2.71 bits per heavy atom. The van der Waals surface area contributed by atoms with Gasteiger partial charge in [0.2, 0.25) is 11.8 Å². The molecule has 3 aromatic rings. The molecule has 6 rings (SSSR count). The van der Waals surface area contributed by atoms with Crippen molar-refractivity contribution in [1.82, 2.24) is 25.2 Å². The van der Waals surface area contributed by atoms with Crippen molar-refractivity contribution in [2.24, 2.45) is 0 Å². The predicted molar refractivity (Wildman–Crippen MR) is 129 cm³/mol. The van der Waals surface area contributed by atoms with Crippen molar-refractivity contribution in [2.75, 3.05) is 50.8 Å². The highest BCUT2D eigenvalue weighted by Gasteiger charge is 2.32. The smallest absolute Gasteiger partial charge is 0.244 e. The van der Waals surface area contributed by atoms with Gasteiger partial charge in [0.1, 0.15) is 6.10 Å². The molecule has 1 aromatic carbocycles. The maximum Gasteiger partial charge on any atom is 0.244 e. The number of nitrogens with one attached hydrogen (secondary N) is 2. The molecule has 2 N–H and O–H groups in total. The Morgan fingerprint density at radius 1 is 1.18 bits per heavy atom. The number of morpholine rings is 1. The van der Waals surface area contributed by atoms with Crippen LogP contribution in [0.1, 0.15) is 6.92 Å². The van der Waals surface area contributed by atoms with Gasteiger partial charge in [0.05, 0.1) is 30.8 Å². The fourth-order valence-corrected chi connectivity index (χ4v) is 4.79. The standard InChI is InChI=1S/C25H28N6O3/c1-16(18-10-23(32)26-12-18)34-25-24-22(27-15-28-24)11-21(29-25)17-2-4-19(5-3-17)31-13-20(14-31)30-6-8-33-9-7-30/h2-5,10-11,15-16,20H,6-9,12-14H2,1H3,(H,26,32)(H,27,28)/t16-/m1/s1. The second-order valence-corrected chi connectivity index (χ2v) is 9.06. The molecule has 34 heavy (non-hydrogen) atoms. The van der Waals surface area contributed by atoms with Crippen molar-refractivity contribution in [1.29, 1.82) is 0 Å². The van der Waals surface area contributed by atoms with Crippen LogP contribution in [-0.2, 0) is 9.53 Å². The lowest BCUT2D eigenvalue weighted by molar-refractivity contribution is -0.115. The number of ether oxygens (including phenoxy) is 2. The second-order valence-electron chi connectivity index (χ2n) is 9.06. The summed E-state index contributed by atoms with van der Waals surface area (Å²) in [6.45, 7) is 8.28. The summed E-state index contributed by atoms with van der Waals surface area (Å²) >= 11 is 0. The van der Waals surface area contributed by atoms with E-state index in [9.17, 15) is 4.79 Å². The first-order valence-corrected chi connectivity index (χ1v) is 11.8. The number of imidazole rings is 1. The molecule has 3 aliphatic heterocycles. The van der Waals surface area contributed by atoms with E-state index in [1.807, 2.05) is 13.0 Å². The number of carbonyl (C=O) groups excluding carboxylic acids is 1. The van der Waals surface area contributed by atoms with Gasteiger partial charge >= 0.3 is 0 Å². The third kappa shape index (κ3) is 4.01. The van der Waals surface area contributed by atoms with Crippen LogP contribution in [0.2, 0.25) is 0 Å². The summed E-state index contributed by atoms with van der Waals surface area (Å²) in [5, 5.41) is 2.78. The molecule has 2 saturated heterocycles. The normalized spacial score (nSPS) is 20.2. The lowest BCUT2D eigenvalue weighted by Crippen LogP contribution is -2.61. The molecule has 176 valence electrons. The number of hydrogen-bond acceptors (Lipinski definition) is 7. The monoisotopic (exact) mass is 460 g/mol. The zero-order valence-corrected chi connectivity index (χ0v) is 19.2. The van der Waals surface area contributed by atoms with Crippen LogP contribution in [0.25, 0.3) is 22.3 Å². The van der Waals surface area contributed by atoms with Crippen molar-refractivity contribution >= 4 is 22.6 Å². The van der Waals surface area contributed by atoms with Gasteiger partial charge < -0.3 is 24.7 Å². The lowest BCUT2D eigenvalue weighted by Gasteiger charge is -2.47. The Labute approximate surface area is 197 Å². The Morgan fingerprint density at radius 2 is 1.97 bits per heavy atom. The molecule has 0 saturated carbocycles. The van der Waals surface area contributed by atoms with E-state index < -0.39 is 0 Å². The molecule has 2 fully saturated rings. The molecule has 3 aliphatic rings. The van der Waals surface area contributed by atoms with Gasteiger partial charge in [-0.25, -0.2) is 9.97 Å². The first kappa shape index (κ1) is 21.1. The average molecular weight is 461 g/mol. The van der Waals surface area contributed by atoms with Crippen LogP contribution < -0.4 is 15.0 Å². The Hall–Kier alpha value is -3.43. The second kappa shape index (κ2) is 8.73. The van der Waals surface area contributed by atoms with Crippen LogP contribution in [-0.4, -0.2) is 83.8 Å². The Kier molecular flexibility index (Phi) is 5.43. The zero-order chi connectivity index (χ0) is 23.1. The SMILES string of the molecule is C[C@@H](Oc1nc(-c2ccc(N3CC(N4CCOCC4)C3)cc2)cc2[nH]cnc12)C1=CC(=O)NC1. The van der Waals surface area contributed by atoms with Crippen LogP contribution in [0, 0.1) is 0 Å².